The number of hydrogen-bond donors (Lipinski definition) is 1. The van der Waals surface area contributed by atoms with E-state index >= 15 is 0 Å². The minimum Gasteiger partial charge on any atom is -0.342 e. The van der Waals surface area contributed by atoms with Gasteiger partial charge in [0, 0.05) is 7.05 Å². The van der Waals surface area contributed by atoms with Crippen LogP contribution in [-0.2, 0) is 10.1 Å². The molecule has 1 atom stereocenters. The minimum absolute atomic E-state index is 0.0788. The Balaban J connectivity index is 3.22. The molecular formula is C7H13N3O5S. The molecule has 0 amide bonds. The summed E-state index contributed by atoms with van der Waals surface area (Å²) < 4.78 is 31.2. The van der Waals surface area contributed by atoms with Gasteiger partial charge in [-0.1, -0.05) is 0 Å². The first-order valence-corrected chi connectivity index (χ1v) is 5.90. The molecule has 0 saturated heterocycles. The van der Waals surface area contributed by atoms with Crippen molar-refractivity contribution in [2.75, 3.05) is 20.6 Å². The highest BCUT2D eigenvalue weighted by Gasteiger charge is 2.40. The fraction of sp³-hybridized carbons (Fsp3) is 0.714. The number of hydrogen-bond acceptors (Lipinski definition) is 6. The Morgan fingerprint density at radius 3 is 2.38 bits per heavy atom. The van der Waals surface area contributed by atoms with E-state index in [9.17, 15) is 18.5 Å². The Kier molecular flexibility index (Phi) is 3.22. The Morgan fingerprint density at radius 1 is 1.50 bits per heavy atom. The highest BCUT2D eigenvalue weighted by molar-refractivity contribution is 7.86. The smallest absolute Gasteiger partial charge is 0.300 e. The Labute approximate surface area is 93.0 Å². The van der Waals surface area contributed by atoms with E-state index in [-0.39, 0.29) is 17.9 Å². The van der Waals surface area contributed by atoms with Gasteiger partial charge in [-0.15, -0.1) is 0 Å². The minimum atomic E-state index is -4.31. The van der Waals surface area contributed by atoms with Gasteiger partial charge in [-0.05, 0) is 14.0 Å². The quantitative estimate of drug-likeness (QED) is 0.402. The van der Waals surface area contributed by atoms with Crippen LogP contribution < -0.4 is 0 Å². The molecule has 16 heavy (non-hydrogen) atoms. The second-order valence-electron chi connectivity index (χ2n) is 3.66. The Bertz CT molecular complexity index is 443. The van der Waals surface area contributed by atoms with E-state index in [0.717, 1.165) is 4.90 Å². The van der Waals surface area contributed by atoms with Gasteiger partial charge in [0.2, 0.25) is 5.50 Å². The van der Waals surface area contributed by atoms with Crippen molar-refractivity contribution in [1.29, 1.82) is 0 Å². The molecule has 0 saturated carbocycles. The van der Waals surface area contributed by atoms with Crippen LogP contribution in [0.2, 0.25) is 0 Å². The molecule has 92 valence electrons. The summed E-state index contributed by atoms with van der Waals surface area (Å²) in [6.07, 6.45) is 0. The summed E-state index contributed by atoms with van der Waals surface area (Å²) in [5.74, 6) is 0. The van der Waals surface area contributed by atoms with Crippen molar-refractivity contribution in [3.63, 3.8) is 0 Å². The molecule has 1 aliphatic rings. The summed E-state index contributed by atoms with van der Waals surface area (Å²) in [4.78, 5) is 12.5. The first-order chi connectivity index (χ1) is 7.16. The molecule has 0 aromatic carbocycles. The van der Waals surface area contributed by atoms with Crippen LogP contribution in [-0.4, -0.2) is 53.8 Å². The average molecular weight is 251 g/mol. The van der Waals surface area contributed by atoms with Crippen LogP contribution in [0.25, 0.3) is 0 Å². The molecule has 0 aliphatic carbocycles. The first-order valence-electron chi connectivity index (χ1n) is 4.39. The topological polar surface area (TPSA) is 104 Å². The van der Waals surface area contributed by atoms with E-state index in [1.54, 1.807) is 0 Å². The van der Waals surface area contributed by atoms with Gasteiger partial charge in [-0.25, -0.2) is 0 Å². The predicted octanol–water partition coefficient (Wildman–Crippen LogP) is -0.457. The summed E-state index contributed by atoms with van der Waals surface area (Å²) in [7, 11) is -1.54. The van der Waals surface area contributed by atoms with Gasteiger partial charge in [0.05, 0.1) is 17.2 Å². The van der Waals surface area contributed by atoms with E-state index in [2.05, 4.69) is 0 Å². The van der Waals surface area contributed by atoms with Crippen LogP contribution in [0.15, 0.2) is 11.4 Å². The van der Waals surface area contributed by atoms with Crippen molar-refractivity contribution in [1.82, 2.24) is 9.80 Å². The van der Waals surface area contributed by atoms with Crippen molar-refractivity contribution < 1.29 is 17.9 Å². The fourth-order valence-electron chi connectivity index (χ4n) is 1.71. The molecule has 1 rings (SSSR count). The molecule has 1 heterocycles. The summed E-state index contributed by atoms with van der Waals surface area (Å²) in [6, 6.07) is 0. The number of rotatable bonds is 2. The summed E-state index contributed by atoms with van der Waals surface area (Å²) in [5.41, 5.74) is -1.13. The lowest BCUT2D eigenvalue weighted by molar-refractivity contribution is -0.432. The lowest BCUT2D eigenvalue weighted by Crippen LogP contribution is -2.53. The van der Waals surface area contributed by atoms with Gasteiger partial charge in [-0.3, -0.25) is 19.6 Å². The van der Waals surface area contributed by atoms with Crippen LogP contribution in [0.5, 0.6) is 0 Å². The fourth-order valence-corrected chi connectivity index (χ4v) is 2.80. The molecule has 1 unspecified atom stereocenters. The molecule has 0 spiro atoms. The number of nitro groups is 1. The zero-order chi connectivity index (χ0) is 12.7. The Morgan fingerprint density at radius 2 is 2.00 bits per heavy atom. The number of likely N-dealkylation sites (N-methyl/N-ethyl adjacent to an activating group) is 1. The lowest BCUT2D eigenvalue weighted by Gasteiger charge is -2.37. The maximum absolute atomic E-state index is 11.1. The zero-order valence-corrected chi connectivity index (χ0v) is 9.93. The standard InChI is InChI=1S/C7H13N3O5S/c1-5-6(10(11)12)4-8(2)7(9(5)3)16(13,14)15/h7H,4H2,1-3H3,(H,13,14,15). The molecule has 0 aromatic heterocycles. The van der Waals surface area contributed by atoms with Crippen LogP contribution in [0, 0.1) is 10.1 Å². The normalized spacial score (nSPS) is 23.8. The molecule has 0 fully saturated rings. The SMILES string of the molecule is CC1=C([N+](=O)[O-])CN(C)C(S(=O)(=O)O)N1C. The third kappa shape index (κ3) is 2.15. The lowest BCUT2D eigenvalue weighted by atomic mass is 10.2. The molecular weight excluding hydrogens is 238 g/mol. The van der Waals surface area contributed by atoms with Crippen molar-refractivity contribution in [2.24, 2.45) is 0 Å². The highest BCUT2D eigenvalue weighted by Crippen LogP contribution is 2.23. The number of nitrogens with zero attached hydrogens (tertiary/aromatic N) is 3. The summed E-state index contributed by atoms with van der Waals surface area (Å²) >= 11 is 0. The maximum atomic E-state index is 11.1. The van der Waals surface area contributed by atoms with Crippen molar-refractivity contribution in [3.05, 3.63) is 21.5 Å². The molecule has 0 aromatic rings. The van der Waals surface area contributed by atoms with E-state index in [1.807, 2.05) is 0 Å². The van der Waals surface area contributed by atoms with E-state index < -0.39 is 20.5 Å². The molecule has 1 aliphatic heterocycles. The van der Waals surface area contributed by atoms with Gasteiger partial charge in [0.25, 0.3) is 5.70 Å². The first kappa shape index (κ1) is 12.9. The van der Waals surface area contributed by atoms with Crippen molar-refractivity contribution >= 4 is 10.1 Å². The van der Waals surface area contributed by atoms with E-state index in [1.165, 1.54) is 25.9 Å². The van der Waals surface area contributed by atoms with E-state index in [4.69, 9.17) is 4.55 Å². The summed E-state index contributed by atoms with van der Waals surface area (Å²) in [6.45, 7) is 1.32. The van der Waals surface area contributed by atoms with Crippen molar-refractivity contribution in [2.45, 2.75) is 12.4 Å². The largest absolute Gasteiger partial charge is 0.342 e. The summed E-state index contributed by atoms with van der Waals surface area (Å²) in [5, 5.41) is 10.7. The average Bonchev–Trinajstić information content (AvgIpc) is 2.08. The van der Waals surface area contributed by atoms with Gasteiger partial charge in [-0.2, -0.15) is 8.42 Å². The van der Waals surface area contributed by atoms with Gasteiger partial charge < -0.3 is 4.90 Å². The third-order valence-electron chi connectivity index (χ3n) is 2.54. The van der Waals surface area contributed by atoms with Crippen molar-refractivity contribution in [3.8, 4) is 0 Å². The second-order valence-corrected chi connectivity index (χ2v) is 5.11. The van der Waals surface area contributed by atoms with E-state index in [0.29, 0.717) is 0 Å². The van der Waals surface area contributed by atoms with Crippen LogP contribution in [0.4, 0.5) is 0 Å². The van der Waals surface area contributed by atoms with Crippen LogP contribution in [0.1, 0.15) is 6.92 Å². The predicted molar refractivity (Wildman–Crippen MR) is 55.4 cm³/mol. The monoisotopic (exact) mass is 251 g/mol. The molecule has 1 N–H and O–H groups in total. The molecule has 0 bridgehead atoms. The molecule has 9 heteroatoms. The Hall–Kier alpha value is -1.19. The number of allylic oxidation sites excluding steroid dienone is 1. The van der Waals surface area contributed by atoms with Gasteiger partial charge >= 0.3 is 10.1 Å². The van der Waals surface area contributed by atoms with Gasteiger partial charge in [0.1, 0.15) is 0 Å². The third-order valence-corrected chi connectivity index (χ3v) is 3.75. The molecule has 8 nitrogen and oxygen atoms in total. The molecule has 0 radical (unpaired) electrons. The maximum Gasteiger partial charge on any atom is 0.300 e. The second kappa shape index (κ2) is 4.00. The van der Waals surface area contributed by atoms with Crippen LogP contribution >= 0.6 is 0 Å². The van der Waals surface area contributed by atoms with Crippen LogP contribution in [0.3, 0.4) is 0 Å². The van der Waals surface area contributed by atoms with Gasteiger partial charge in [0.15, 0.2) is 0 Å². The highest BCUT2D eigenvalue weighted by atomic mass is 32.2. The zero-order valence-electron chi connectivity index (χ0n) is 9.11.